The van der Waals surface area contributed by atoms with Gasteiger partial charge in [-0.25, -0.2) is 0 Å². The zero-order valence-electron chi connectivity index (χ0n) is 30.9. The molecule has 278 valence electrons. The summed E-state index contributed by atoms with van der Waals surface area (Å²) in [4.78, 5) is 48.6. The third-order valence-corrected chi connectivity index (χ3v) is 17.6. The van der Waals surface area contributed by atoms with Crippen LogP contribution in [0.1, 0.15) is 33.6 Å². The molecule has 0 unspecified atom stereocenters. The average molecular weight is 848 g/mol. The van der Waals surface area contributed by atoms with E-state index < -0.39 is 19.8 Å². The number of carbonyl (C=O) groups is 2. The van der Waals surface area contributed by atoms with Gasteiger partial charge in [-0.05, 0) is 24.3 Å². The minimum atomic E-state index is -1.81. The van der Waals surface area contributed by atoms with E-state index in [0.29, 0.717) is 91.3 Å². The fourth-order valence-electron chi connectivity index (χ4n) is 6.79. The summed E-state index contributed by atoms with van der Waals surface area (Å²) >= 11 is -1.81. The number of rotatable bonds is 14. The van der Waals surface area contributed by atoms with Gasteiger partial charge in [0.1, 0.15) is 0 Å². The molecular weight excluding hydrogens is 807 g/mol. The Morgan fingerprint density at radius 1 is 0.482 bits per heavy atom. The molecule has 8 aromatic rings. The first kappa shape index (κ1) is 36.8. The minimum absolute atomic E-state index is 0.164. The van der Waals surface area contributed by atoms with Gasteiger partial charge in [-0.1, -0.05) is 36.4 Å². The summed E-state index contributed by atoms with van der Waals surface area (Å²) in [6, 6.07) is 41.4. The topological polar surface area (TPSA) is 128 Å². The Labute approximate surface area is 331 Å². The van der Waals surface area contributed by atoms with Crippen molar-refractivity contribution in [2.24, 2.45) is 0 Å². The van der Waals surface area contributed by atoms with Gasteiger partial charge < -0.3 is 0 Å². The van der Waals surface area contributed by atoms with Gasteiger partial charge in [0.25, 0.3) is 0 Å². The van der Waals surface area contributed by atoms with E-state index in [1.807, 2.05) is 121 Å². The summed E-state index contributed by atoms with van der Waals surface area (Å²) in [6.07, 6.45) is 1.84. The van der Waals surface area contributed by atoms with Crippen LogP contribution >= 0.6 is 0 Å². The summed E-state index contributed by atoms with van der Waals surface area (Å²) in [7, 11) is 0. The van der Waals surface area contributed by atoms with Crippen molar-refractivity contribution in [3.05, 3.63) is 145 Å². The molecule has 10 nitrogen and oxygen atoms in total. The van der Waals surface area contributed by atoms with Crippen LogP contribution in [-0.2, 0) is 0 Å². The first-order valence-electron chi connectivity index (χ1n) is 18.9. The molecule has 11 heteroatoms. The van der Waals surface area contributed by atoms with Gasteiger partial charge in [0.15, 0.2) is 0 Å². The van der Waals surface area contributed by atoms with Crippen molar-refractivity contribution >= 4 is 75.7 Å². The number of para-hydroxylation sites is 6. The number of carbonyl (C=O) groups excluding carboxylic acids is 2. The number of aromatic nitrogens is 4. The second-order valence-corrected chi connectivity index (χ2v) is 23.4. The molecular formula is C45H40N6O4Sn. The van der Waals surface area contributed by atoms with Gasteiger partial charge >= 0.3 is 272 Å². The molecule has 0 radical (unpaired) electrons. The average Bonchev–Trinajstić information content (AvgIpc) is 3.23. The second kappa shape index (κ2) is 17.1. The quantitative estimate of drug-likeness (QED) is 0.0630. The Morgan fingerprint density at radius 2 is 0.875 bits per heavy atom. The molecule has 2 heterocycles. The maximum absolute atomic E-state index is 13.4. The van der Waals surface area contributed by atoms with Crippen molar-refractivity contribution in [3.63, 3.8) is 0 Å². The van der Waals surface area contributed by atoms with E-state index in [2.05, 4.69) is 15.6 Å². The standard InChI is InChI=1S/2C22H18N3O2.CH3.Sn.H/c2*1-2-14-23-22(26)16-10-6-11-17-20(16)25-21-18(24-17)12-7-13-19(21)27-15-8-4-3-5-9-15;;;/h2*3-13H,1-2,14H2,(H,23,26);1H3;;. The number of benzene rings is 6. The first-order chi connectivity index (χ1) is 27.5. The van der Waals surface area contributed by atoms with Crippen LogP contribution < -0.4 is 20.1 Å². The molecule has 2 N–H and O–H groups in total. The van der Waals surface area contributed by atoms with E-state index in [-0.39, 0.29) is 11.8 Å². The van der Waals surface area contributed by atoms with E-state index in [1.54, 1.807) is 12.1 Å². The van der Waals surface area contributed by atoms with E-state index in [1.165, 1.54) is 0 Å². The SMILES string of the molecule is [CH3][SnH]([CH2]CCNC(=O)c1cccc2nc3cccc(Oc4ccccc4)c3nc12)[CH2]CCNC(=O)c1cccc2nc3cccc(Oc4ccccc4)c3nc12. The van der Waals surface area contributed by atoms with Crippen LogP contribution in [0.2, 0.25) is 13.8 Å². The fourth-order valence-corrected chi connectivity index (χ4v) is 12.8. The predicted molar refractivity (Wildman–Crippen MR) is 224 cm³/mol. The zero-order chi connectivity index (χ0) is 38.3. The van der Waals surface area contributed by atoms with E-state index in [4.69, 9.17) is 29.4 Å². The van der Waals surface area contributed by atoms with Gasteiger partial charge in [0, 0.05) is 0 Å². The fraction of sp³-hybridized carbons (Fsp3) is 0.156. The van der Waals surface area contributed by atoms with Crippen molar-refractivity contribution in [2.75, 3.05) is 13.1 Å². The Bertz CT molecular complexity index is 2490. The third kappa shape index (κ3) is 8.40. The van der Waals surface area contributed by atoms with Crippen LogP contribution in [0.4, 0.5) is 0 Å². The summed E-state index contributed by atoms with van der Waals surface area (Å²) in [5, 5.41) is 6.22. The third-order valence-electron chi connectivity index (χ3n) is 9.66. The number of nitrogens with one attached hydrogen (secondary N) is 2. The molecule has 56 heavy (non-hydrogen) atoms. The zero-order valence-corrected chi connectivity index (χ0v) is 34.2. The molecule has 2 amide bonds. The van der Waals surface area contributed by atoms with Crippen molar-refractivity contribution in [1.29, 1.82) is 0 Å². The molecule has 8 rings (SSSR count). The van der Waals surface area contributed by atoms with Crippen LogP contribution in [0.3, 0.4) is 0 Å². The number of ether oxygens (including phenoxy) is 2. The van der Waals surface area contributed by atoms with E-state index in [9.17, 15) is 9.59 Å². The molecule has 0 bridgehead atoms. The molecule has 0 spiro atoms. The van der Waals surface area contributed by atoms with Gasteiger partial charge in [-0.15, -0.1) is 0 Å². The van der Waals surface area contributed by atoms with Crippen LogP contribution in [0.25, 0.3) is 44.1 Å². The Kier molecular flexibility index (Phi) is 11.3. The predicted octanol–water partition coefficient (Wildman–Crippen LogP) is 9.26. The van der Waals surface area contributed by atoms with Crippen molar-refractivity contribution in [2.45, 2.75) is 26.7 Å². The number of fused-ring (bicyclic) bond motifs is 4. The van der Waals surface area contributed by atoms with Crippen molar-refractivity contribution in [1.82, 2.24) is 30.6 Å². The van der Waals surface area contributed by atoms with Crippen LogP contribution in [0, 0.1) is 0 Å². The Morgan fingerprint density at radius 3 is 1.30 bits per heavy atom. The molecule has 0 saturated heterocycles. The molecule has 0 aliphatic carbocycles. The van der Waals surface area contributed by atoms with Crippen LogP contribution in [0.15, 0.2) is 133 Å². The Balaban J connectivity index is 0.834. The number of nitrogens with zero attached hydrogens (tertiary/aromatic N) is 4. The molecule has 0 fully saturated rings. The number of amides is 2. The van der Waals surface area contributed by atoms with Crippen molar-refractivity contribution in [3.8, 4) is 23.0 Å². The van der Waals surface area contributed by atoms with Crippen LogP contribution in [0.5, 0.6) is 23.0 Å². The molecule has 0 saturated carbocycles. The van der Waals surface area contributed by atoms with Crippen molar-refractivity contribution < 1.29 is 19.1 Å². The van der Waals surface area contributed by atoms with Gasteiger partial charge in [-0.2, -0.15) is 0 Å². The van der Waals surface area contributed by atoms with Crippen LogP contribution in [-0.4, -0.2) is 64.6 Å². The van der Waals surface area contributed by atoms with E-state index >= 15 is 0 Å². The van der Waals surface area contributed by atoms with Gasteiger partial charge in [0.05, 0.1) is 0 Å². The number of hydrogen-bond acceptors (Lipinski definition) is 8. The first-order valence-corrected chi connectivity index (χ1v) is 26.9. The number of hydrogen-bond donors (Lipinski definition) is 2. The Hall–Kier alpha value is -6.14. The molecule has 2 aromatic heterocycles. The molecule has 0 aliphatic rings. The van der Waals surface area contributed by atoms with E-state index in [0.717, 1.165) is 21.7 Å². The molecule has 0 atom stereocenters. The summed E-state index contributed by atoms with van der Waals surface area (Å²) in [6.45, 7) is 1.18. The van der Waals surface area contributed by atoms with Gasteiger partial charge in [-0.3, -0.25) is 0 Å². The molecule has 0 aliphatic heterocycles. The maximum atomic E-state index is 13.4. The summed E-state index contributed by atoms with van der Waals surface area (Å²) in [5.41, 5.74) is 5.98. The molecule has 6 aromatic carbocycles. The van der Waals surface area contributed by atoms with Gasteiger partial charge in [0.2, 0.25) is 0 Å². The normalized spacial score (nSPS) is 11.3. The summed E-state index contributed by atoms with van der Waals surface area (Å²) in [5.74, 6) is 2.24. The summed E-state index contributed by atoms with van der Waals surface area (Å²) < 4.78 is 14.6. The second-order valence-electron chi connectivity index (χ2n) is 13.8. The monoisotopic (exact) mass is 848 g/mol.